The van der Waals surface area contributed by atoms with Crippen molar-refractivity contribution in [3.05, 3.63) is 120 Å². The van der Waals surface area contributed by atoms with Crippen LogP contribution < -0.4 is 10.4 Å². The molecule has 5 rings (SSSR count). The lowest BCUT2D eigenvalue weighted by molar-refractivity contribution is -0.149. The SMILES string of the molecule is COC(=O)C=C1C(OCOCc2ccccc2)C=C(CO[Si](c2ccccc2)(c2ccccc2)C(C)(C)C)C(O)C1C1COC(C)(C)O1. The van der Waals surface area contributed by atoms with Crippen LogP contribution in [0.15, 0.2) is 114 Å². The zero-order chi connectivity index (χ0) is 34.4. The molecular formula is C39H48O8Si. The fourth-order valence-electron chi connectivity index (χ4n) is 6.76. The van der Waals surface area contributed by atoms with E-state index in [-0.39, 0.29) is 25.0 Å². The highest BCUT2D eigenvalue weighted by Gasteiger charge is 2.52. The molecule has 1 aliphatic carbocycles. The number of ether oxygens (including phenoxy) is 5. The number of carbonyl (C=O) groups excluding carboxylic acids is 1. The molecule has 1 aliphatic heterocycles. The number of rotatable bonds is 12. The van der Waals surface area contributed by atoms with Gasteiger partial charge in [-0.1, -0.05) is 112 Å². The van der Waals surface area contributed by atoms with Crippen LogP contribution in [0.25, 0.3) is 0 Å². The molecule has 3 aromatic carbocycles. The Hall–Kier alpha value is -3.41. The van der Waals surface area contributed by atoms with Crippen molar-refractivity contribution in [2.45, 2.75) is 70.4 Å². The summed E-state index contributed by atoms with van der Waals surface area (Å²) in [4.78, 5) is 12.7. The lowest BCUT2D eigenvalue weighted by Gasteiger charge is -2.44. The van der Waals surface area contributed by atoms with Crippen LogP contribution in [0.3, 0.4) is 0 Å². The minimum atomic E-state index is -2.94. The maximum Gasteiger partial charge on any atom is 0.330 e. The van der Waals surface area contributed by atoms with Crippen LogP contribution in [-0.2, 0) is 39.5 Å². The Morgan fingerprint density at radius 3 is 2.04 bits per heavy atom. The second-order valence-electron chi connectivity index (χ2n) is 13.7. The third-order valence-electron chi connectivity index (χ3n) is 9.03. The zero-order valence-electron chi connectivity index (χ0n) is 28.8. The normalized spacial score (nSPS) is 23.6. The van der Waals surface area contributed by atoms with Crippen LogP contribution in [0, 0.1) is 5.92 Å². The lowest BCUT2D eigenvalue weighted by atomic mass is 9.77. The number of benzene rings is 3. The van der Waals surface area contributed by atoms with E-state index in [2.05, 4.69) is 45.0 Å². The van der Waals surface area contributed by atoms with Crippen LogP contribution in [0.2, 0.25) is 5.04 Å². The first-order chi connectivity index (χ1) is 22.9. The van der Waals surface area contributed by atoms with Crippen molar-refractivity contribution in [1.29, 1.82) is 0 Å². The summed E-state index contributed by atoms with van der Waals surface area (Å²) in [5, 5.41) is 14.1. The molecule has 0 radical (unpaired) electrons. The first kappa shape index (κ1) is 35.9. The van der Waals surface area contributed by atoms with Crippen LogP contribution in [0.5, 0.6) is 0 Å². The number of methoxy groups -OCH3 is 1. The first-order valence-electron chi connectivity index (χ1n) is 16.4. The fraction of sp³-hybridized carbons (Fsp3) is 0.410. The van der Waals surface area contributed by atoms with Gasteiger partial charge in [0.1, 0.15) is 12.9 Å². The van der Waals surface area contributed by atoms with Gasteiger partial charge in [0.2, 0.25) is 0 Å². The largest absolute Gasteiger partial charge is 0.466 e. The van der Waals surface area contributed by atoms with Gasteiger partial charge in [-0.05, 0) is 52.0 Å². The van der Waals surface area contributed by atoms with Gasteiger partial charge >= 0.3 is 5.97 Å². The third-order valence-corrected chi connectivity index (χ3v) is 14.0. The molecular weight excluding hydrogens is 625 g/mol. The average Bonchev–Trinajstić information content (AvgIpc) is 3.44. The van der Waals surface area contributed by atoms with E-state index in [4.69, 9.17) is 28.1 Å². The second-order valence-corrected chi connectivity index (χ2v) is 18.0. The van der Waals surface area contributed by atoms with Crippen molar-refractivity contribution < 1.29 is 38.0 Å². The summed E-state index contributed by atoms with van der Waals surface area (Å²) in [6.45, 7) is 11.0. The minimum absolute atomic E-state index is 0.0479. The molecule has 1 N–H and O–H groups in total. The monoisotopic (exact) mass is 672 g/mol. The standard InChI is InChI=1S/C39H48O8Si/c1-38(2,3)48(30-18-12-8-13-19-30,31-20-14-9-15-21-31)46-25-29-22-33(44-27-43-24-28-16-10-7-11-17-28)32(23-35(40)42-6)36(37(29)41)34-26-45-39(4,5)47-34/h7-23,33-34,36-37,41H,24-27H2,1-6H3. The van der Waals surface area contributed by atoms with Crippen molar-refractivity contribution in [3.8, 4) is 0 Å². The molecule has 9 heteroatoms. The van der Waals surface area contributed by atoms with E-state index >= 15 is 0 Å². The summed E-state index contributed by atoms with van der Waals surface area (Å²) < 4.78 is 36.7. The molecule has 256 valence electrons. The minimum Gasteiger partial charge on any atom is -0.466 e. The molecule has 0 bridgehead atoms. The van der Waals surface area contributed by atoms with Crippen LogP contribution in [0.1, 0.15) is 40.2 Å². The van der Waals surface area contributed by atoms with E-state index in [0.29, 0.717) is 17.8 Å². The predicted octanol–water partition coefficient (Wildman–Crippen LogP) is 5.29. The van der Waals surface area contributed by atoms with Crippen LogP contribution in [0.4, 0.5) is 0 Å². The van der Waals surface area contributed by atoms with Gasteiger partial charge in [0, 0.05) is 12.0 Å². The Bertz CT molecular complexity index is 1510. The predicted molar refractivity (Wildman–Crippen MR) is 187 cm³/mol. The summed E-state index contributed by atoms with van der Waals surface area (Å²) in [5.41, 5.74) is 2.17. The van der Waals surface area contributed by atoms with Gasteiger partial charge in [-0.2, -0.15) is 0 Å². The van der Waals surface area contributed by atoms with E-state index in [1.54, 1.807) is 0 Å². The van der Waals surface area contributed by atoms with Gasteiger partial charge in [-0.15, -0.1) is 0 Å². The smallest absolute Gasteiger partial charge is 0.330 e. The van der Waals surface area contributed by atoms with Gasteiger partial charge in [0.25, 0.3) is 8.32 Å². The second kappa shape index (κ2) is 15.4. The van der Waals surface area contributed by atoms with Crippen molar-refractivity contribution >= 4 is 24.7 Å². The number of hydrogen-bond donors (Lipinski definition) is 1. The molecule has 0 amide bonds. The van der Waals surface area contributed by atoms with Crippen molar-refractivity contribution in [3.63, 3.8) is 0 Å². The Morgan fingerprint density at radius 1 is 0.938 bits per heavy atom. The highest BCUT2D eigenvalue weighted by molar-refractivity contribution is 6.99. The Kier molecular flexibility index (Phi) is 11.5. The number of hydrogen-bond acceptors (Lipinski definition) is 8. The summed E-state index contributed by atoms with van der Waals surface area (Å²) in [7, 11) is -1.62. The molecule has 8 nitrogen and oxygen atoms in total. The topological polar surface area (TPSA) is 92.7 Å². The molecule has 3 aromatic rings. The van der Waals surface area contributed by atoms with E-state index in [0.717, 1.165) is 15.9 Å². The van der Waals surface area contributed by atoms with E-state index in [9.17, 15) is 9.90 Å². The zero-order valence-corrected chi connectivity index (χ0v) is 29.8. The molecule has 0 saturated carbocycles. The maximum absolute atomic E-state index is 12.7. The average molecular weight is 673 g/mol. The fourth-order valence-corrected chi connectivity index (χ4v) is 11.3. The molecule has 0 spiro atoms. The van der Waals surface area contributed by atoms with Crippen LogP contribution in [-0.4, -0.2) is 70.6 Å². The summed E-state index contributed by atoms with van der Waals surface area (Å²) in [6.07, 6.45) is 0.908. The quantitative estimate of drug-likeness (QED) is 0.0694. The Morgan fingerprint density at radius 2 is 1.52 bits per heavy atom. The van der Waals surface area contributed by atoms with Gasteiger partial charge in [0.15, 0.2) is 5.79 Å². The molecule has 4 unspecified atom stereocenters. The van der Waals surface area contributed by atoms with Gasteiger partial charge < -0.3 is 33.2 Å². The Balaban J connectivity index is 1.53. The molecule has 1 saturated heterocycles. The number of aliphatic hydroxyl groups excluding tert-OH is 1. The van der Waals surface area contributed by atoms with Gasteiger partial charge in [0.05, 0.1) is 39.1 Å². The van der Waals surface area contributed by atoms with Crippen molar-refractivity contribution in [2.24, 2.45) is 5.92 Å². The van der Waals surface area contributed by atoms with E-state index in [1.807, 2.05) is 86.7 Å². The highest BCUT2D eigenvalue weighted by atomic mass is 28.4. The molecule has 1 heterocycles. The van der Waals surface area contributed by atoms with Crippen LogP contribution >= 0.6 is 0 Å². The molecule has 2 aliphatic rings. The maximum atomic E-state index is 12.7. The van der Waals surface area contributed by atoms with E-state index in [1.165, 1.54) is 13.2 Å². The Labute approximate surface area is 285 Å². The summed E-state index contributed by atoms with van der Waals surface area (Å²) in [5.74, 6) is -2.09. The number of aliphatic hydroxyl groups is 1. The van der Waals surface area contributed by atoms with E-state index < -0.39 is 44.3 Å². The number of esters is 1. The molecule has 4 atom stereocenters. The number of carbonyl (C=O) groups is 1. The van der Waals surface area contributed by atoms with Gasteiger partial charge in [-0.3, -0.25) is 0 Å². The van der Waals surface area contributed by atoms with Crippen molar-refractivity contribution in [2.75, 3.05) is 27.1 Å². The summed E-state index contributed by atoms with van der Waals surface area (Å²) >= 11 is 0. The molecule has 48 heavy (non-hydrogen) atoms. The highest BCUT2D eigenvalue weighted by Crippen LogP contribution is 2.41. The molecule has 1 fully saturated rings. The lowest BCUT2D eigenvalue weighted by Crippen LogP contribution is -2.66. The van der Waals surface area contributed by atoms with Gasteiger partial charge in [-0.25, -0.2) is 4.79 Å². The molecule has 0 aromatic heterocycles. The van der Waals surface area contributed by atoms with Crippen molar-refractivity contribution in [1.82, 2.24) is 0 Å². The summed E-state index contributed by atoms with van der Waals surface area (Å²) in [6, 6.07) is 30.6. The first-order valence-corrected chi connectivity index (χ1v) is 18.3. The third kappa shape index (κ3) is 8.06.